The van der Waals surface area contributed by atoms with Crippen molar-refractivity contribution in [1.29, 1.82) is 0 Å². The highest BCUT2D eigenvalue weighted by Crippen LogP contribution is 2.19. The first-order valence-corrected chi connectivity index (χ1v) is 5.69. The number of benzene rings is 2. The van der Waals surface area contributed by atoms with Crippen molar-refractivity contribution in [2.75, 3.05) is 6.61 Å². The molecule has 0 saturated carbocycles. The Kier molecular flexibility index (Phi) is 3.78. The number of rotatable bonds is 4. The molecule has 1 atom stereocenters. The molecule has 2 aromatic rings. The third kappa shape index (κ3) is 3.08. The quantitative estimate of drug-likeness (QED) is 0.871. The summed E-state index contributed by atoms with van der Waals surface area (Å²) in [4.78, 5) is 0. The highest BCUT2D eigenvalue weighted by Gasteiger charge is 2.08. The fraction of sp³-hybridized carbons (Fsp3) is 0.200. The third-order valence-electron chi connectivity index (χ3n) is 2.67. The predicted octanol–water partition coefficient (Wildman–Crippen LogP) is 3.11. The number of hydrogen-bond acceptors (Lipinski definition) is 2. The normalized spacial score (nSPS) is 12.1. The van der Waals surface area contributed by atoms with Gasteiger partial charge >= 0.3 is 0 Å². The molecule has 2 nitrogen and oxygen atoms in total. The first-order chi connectivity index (χ1) is 8.27. The van der Waals surface area contributed by atoms with Gasteiger partial charge in [0.05, 0.1) is 0 Å². The van der Waals surface area contributed by atoms with Crippen molar-refractivity contribution in [2.45, 2.75) is 13.0 Å². The number of aliphatic hydroxyl groups is 1. The summed E-state index contributed by atoms with van der Waals surface area (Å²) in [6.45, 7) is 2.26. The van der Waals surface area contributed by atoms with E-state index >= 15 is 0 Å². The Bertz CT molecular complexity index is 465. The van der Waals surface area contributed by atoms with E-state index in [0.717, 1.165) is 16.9 Å². The molecule has 0 saturated heterocycles. The summed E-state index contributed by atoms with van der Waals surface area (Å²) in [6, 6.07) is 17.3. The predicted molar refractivity (Wildman–Crippen MR) is 68.1 cm³/mol. The molecule has 0 amide bonds. The number of aliphatic hydroxyl groups excluding tert-OH is 1. The lowest BCUT2D eigenvalue weighted by Gasteiger charge is -2.13. The smallest absolute Gasteiger partial charge is 0.122 e. The van der Waals surface area contributed by atoms with Gasteiger partial charge < -0.3 is 9.84 Å². The van der Waals surface area contributed by atoms with Gasteiger partial charge in [0.15, 0.2) is 0 Å². The van der Waals surface area contributed by atoms with Crippen LogP contribution in [0, 0.1) is 6.92 Å². The van der Waals surface area contributed by atoms with Gasteiger partial charge in [-0.25, -0.2) is 0 Å². The first kappa shape index (κ1) is 11.7. The molecule has 0 bridgehead atoms. The molecule has 0 aliphatic heterocycles. The summed E-state index contributed by atoms with van der Waals surface area (Å²) in [5.41, 5.74) is 1.95. The van der Waals surface area contributed by atoms with E-state index in [2.05, 4.69) is 0 Å². The standard InChI is InChI=1S/C15H16O2/c1-12-7-5-6-10-15(12)17-11-14(16)13-8-3-2-4-9-13/h2-10,14,16H,11H2,1H3/t14-/m1/s1. The summed E-state index contributed by atoms with van der Waals surface area (Å²) in [5.74, 6) is 0.822. The molecule has 2 heteroatoms. The van der Waals surface area contributed by atoms with Crippen LogP contribution in [0.4, 0.5) is 0 Å². The Hall–Kier alpha value is -1.80. The van der Waals surface area contributed by atoms with E-state index in [0.29, 0.717) is 0 Å². The third-order valence-corrected chi connectivity index (χ3v) is 2.67. The summed E-state index contributed by atoms with van der Waals surface area (Å²) < 4.78 is 5.60. The second-order valence-electron chi connectivity index (χ2n) is 4.00. The van der Waals surface area contributed by atoms with Crippen molar-refractivity contribution < 1.29 is 9.84 Å². The average Bonchev–Trinajstić information content (AvgIpc) is 2.38. The zero-order valence-corrected chi connectivity index (χ0v) is 9.84. The van der Waals surface area contributed by atoms with Gasteiger partial charge in [0.25, 0.3) is 0 Å². The maximum Gasteiger partial charge on any atom is 0.122 e. The molecule has 2 rings (SSSR count). The van der Waals surface area contributed by atoms with Crippen molar-refractivity contribution in [3.8, 4) is 5.75 Å². The molecule has 0 spiro atoms. The van der Waals surface area contributed by atoms with Crippen molar-refractivity contribution in [3.05, 3.63) is 65.7 Å². The molecule has 2 aromatic carbocycles. The van der Waals surface area contributed by atoms with Crippen molar-refractivity contribution in [1.82, 2.24) is 0 Å². The number of para-hydroxylation sites is 1. The molecule has 0 aromatic heterocycles. The summed E-state index contributed by atoms with van der Waals surface area (Å²) in [6.07, 6.45) is -0.587. The number of hydrogen-bond donors (Lipinski definition) is 1. The van der Waals surface area contributed by atoms with Gasteiger partial charge in [-0.05, 0) is 24.1 Å². The zero-order valence-electron chi connectivity index (χ0n) is 9.84. The Morgan fingerprint density at radius 2 is 1.65 bits per heavy atom. The van der Waals surface area contributed by atoms with Crippen LogP contribution >= 0.6 is 0 Å². The Balaban J connectivity index is 1.97. The van der Waals surface area contributed by atoms with Gasteiger partial charge in [0.2, 0.25) is 0 Å². The Morgan fingerprint density at radius 1 is 1.00 bits per heavy atom. The fourth-order valence-corrected chi connectivity index (χ4v) is 1.66. The van der Waals surface area contributed by atoms with E-state index in [-0.39, 0.29) is 6.61 Å². The number of aryl methyl sites for hydroxylation is 1. The van der Waals surface area contributed by atoms with Crippen LogP contribution in [0.1, 0.15) is 17.2 Å². The molecule has 1 N–H and O–H groups in total. The van der Waals surface area contributed by atoms with Crippen LogP contribution in [0.3, 0.4) is 0 Å². The molecule has 0 aliphatic rings. The molecule has 0 radical (unpaired) electrons. The van der Waals surface area contributed by atoms with Crippen LogP contribution in [0.15, 0.2) is 54.6 Å². The van der Waals surface area contributed by atoms with Crippen LogP contribution in [0.25, 0.3) is 0 Å². The van der Waals surface area contributed by atoms with Gasteiger partial charge in [0.1, 0.15) is 18.5 Å². The maximum atomic E-state index is 9.95. The topological polar surface area (TPSA) is 29.5 Å². The van der Waals surface area contributed by atoms with E-state index in [1.54, 1.807) is 0 Å². The lowest BCUT2D eigenvalue weighted by Crippen LogP contribution is -2.09. The molecular formula is C15H16O2. The summed E-state index contributed by atoms with van der Waals surface area (Å²) in [5, 5.41) is 9.95. The SMILES string of the molecule is Cc1ccccc1OC[C@@H](O)c1ccccc1. The summed E-state index contributed by atoms with van der Waals surface area (Å²) >= 11 is 0. The van der Waals surface area contributed by atoms with Gasteiger partial charge in [0, 0.05) is 0 Å². The van der Waals surface area contributed by atoms with Gasteiger partial charge in [-0.2, -0.15) is 0 Å². The van der Waals surface area contributed by atoms with Crippen LogP contribution in [0.2, 0.25) is 0 Å². The monoisotopic (exact) mass is 228 g/mol. The first-order valence-electron chi connectivity index (χ1n) is 5.69. The Labute approximate surface area is 101 Å². The minimum Gasteiger partial charge on any atom is -0.490 e. The highest BCUT2D eigenvalue weighted by atomic mass is 16.5. The number of ether oxygens (including phenoxy) is 1. The van der Waals surface area contributed by atoms with E-state index in [1.165, 1.54) is 0 Å². The highest BCUT2D eigenvalue weighted by molar-refractivity contribution is 5.31. The lowest BCUT2D eigenvalue weighted by atomic mass is 10.1. The lowest BCUT2D eigenvalue weighted by molar-refractivity contribution is 0.108. The Morgan fingerprint density at radius 3 is 2.35 bits per heavy atom. The largest absolute Gasteiger partial charge is 0.490 e. The molecule has 0 aliphatic carbocycles. The molecular weight excluding hydrogens is 212 g/mol. The molecule has 17 heavy (non-hydrogen) atoms. The van der Waals surface area contributed by atoms with Gasteiger partial charge in [-0.1, -0.05) is 48.5 Å². The van der Waals surface area contributed by atoms with E-state index < -0.39 is 6.10 Å². The zero-order chi connectivity index (χ0) is 12.1. The second kappa shape index (κ2) is 5.51. The van der Waals surface area contributed by atoms with E-state index in [4.69, 9.17) is 4.74 Å². The van der Waals surface area contributed by atoms with Crippen molar-refractivity contribution >= 4 is 0 Å². The van der Waals surface area contributed by atoms with Crippen molar-refractivity contribution in [2.24, 2.45) is 0 Å². The molecule has 88 valence electrons. The van der Waals surface area contributed by atoms with Crippen molar-refractivity contribution in [3.63, 3.8) is 0 Å². The molecule has 0 heterocycles. The van der Waals surface area contributed by atoms with Crippen LogP contribution in [-0.4, -0.2) is 11.7 Å². The minimum absolute atomic E-state index is 0.273. The molecule has 0 fully saturated rings. The molecule has 0 unspecified atom stereocenters. The maximum absolute atomic E-state index is 9.95. The van der Waals surface area contributed by atoms with Crippen LogP contribution in [0.5, 0.6) is 5.75 Å². The fourth-order valence-electron chi connectivity index (χ4n) is 1.66. The van der Waals surface area contributed by atoms with Gasteiger partial charge in [-0.3, -0.25) is 0 Å². The average molecular weight is 228 g/mol. The minimum atomic E-state index is -0.587. The second-order valence-corrected chi connectivity index (χ2v) is 4.00. The van der Waals surface area contributed by atoms with Crippen LogP contribution < -0.4 is 4.74 Å². The van der Waals surface area contributed by atoms with E-state index in [9.17, 15) is 5.11 Å². The van der Waals surface area contributed by atoms with E-state index in [1.807, 2.05) is 61.5 Å². The van der Waals surface area contributed by atoms with Crippen LogP contribution in [-0.2, 0) is 0 Å². The van der Waals surface area contributed by atoms with Gasteiger partial charge in [-0.15, -0.1) is 0 Å². The summed E-state index contributed by atoms with van der Waals surface area (Å²) in [7, 11) is 0.